The topological polar surface area (TPSA) is 95.7 Å². The van der Waals surface area contributed by atoms with E-state index in [2.05, 4.69) is 9.47 Å². The van der Waals surface area contributed by atoms with Gasteiger partial charge in [0.2, 0.25) is 0 Å². The van der Waals surface area contributed by atoms with Crippen LogP contribution in [0.2, 0.25) is 0 Å². The number of esters is 2. The van der Waals surface area contributed by atoms with Gasteiger partial charge >= 0.3 is 11.9 Å². The second kappa shape index (κ2) is 7.03. The minimum absolute atomic E-state index is 0.0625. The molecule has 0 aliphatic rings. The van der Waals surface area contributed by atoms with Crippen LogP contribution in [-0.2, 0) is 14.3 Å². The number of hydrogen-bond acceptors (Lipinski definition) is 6. The Balaban J connectivity index is 3.11. The largest absolute Gasteiger partial charge is 0.465 e. The highest BCUT2D eigenvalue weighted by molar-refractivity contribution is 5.92. The molecule has 0 aromatic heterocycles. The third-order valence-corrected chi connectivity index (χ3v) is 2.33. The van der Waals surface area contributed by atoms with Gasteiger partial charge in [-0.3, -0.25) is 10.1 Å². The van der Waals surface area contributed by atoms with Gasteiger partial charge in [-0.2, -0.15) is 0 Å². The van der Waals surface area contributed by atoms with E-state index in [1.165, 1.54) is 25.3 Å². The molecule has 0 saturated heterocycles. The Bertz CT molecular complexity index is 564. The van der Waals surface area contributed by atoms with Crippen LogP contribution in [0.1, 0.15) is 22.8 Å². The lowest BCUT2D eigenvalue weighted by Gasteiger charge is -2.02. The summed E-state index contributed by atoms with van der Waals surface area (Å²) in [7, 11) is 1.18. The number of nitro benzene ring substituents is 1. The number of rotatable bonds is 5. The highest BCUT2D eigenvalue weighted by Crippen LogP contribution is 2.22. The average Bonchev–Trinajstić information content (AvgIpc) is 2.44. The molecule has 0 spiro atoms. The lowest BCUT2D eigenvalue weighted by molar-refractivity contribution is -0.385. The molecule has 0 fully saturated rings. The zero-order valence-electron chi connectivity index (χ0n) is 11.0. The molecule has 1 rings (SSSR count). The monoisotopic (exact) mass is 279 g/mol. The molecule has 0 unspecified atom stereocenters. The van der Waals surface area contributed by atoms with E-state index in [0.717, 1.165) is 12.1 Å². The van der Waals surface area contributed by atoms with Gasteiger partial charge in [0.05, 0.1) is 29.8 Å². The molecule has 7 heteroatoms. The van der Waals surface area contributed by atoms with Crippen molar-refractivity contribution in [3.63, 3.8) is 0 Å². The van der Waals surface area contributed by atoms with Gasteiger partial charge < -0.3 is 9.47 Å². The average molecular weight is 279 g/mol. The van der Waals surface area contributed by atoms with Crippen LogP contribution >= 0.6 is 0 Å². The van der Waals surface area contributed by atoms with Crippen molar-refractivity contribution in [1.82, 2.24) is 0 Å². The standard InChI is InChI=1S/C13H13NO6/c1-3-20-12(15)7-6-9-4-5-10(13(16)19-2)8-11(9)14(17)18/h4-8H,3H2,1-2H3/b7-6+. The number of hydrogen-bond donors (Lipinski definition) is 0. The first kappa shape index (κ1) is 15.4. The third kappa shape index (κ3) is 3.91. The maximum Gasteiger partial charge on any atom is 0.338 e. The summed E-state index contributed by atoms with van der Waals surface area (Å²) < 4.78 is 9.16. The number of methoxy groups -OCH3 is 1. The van der Waals surface area contributed by atoms with Crippen molar-refractivity contribution in [3.8, 4) is 0 Å². The summed E-state index contributed by atoms with van der Waals surface area (Å²) in [5, 5.41) is 11.0. The molecule has 7 nitrogen and oxygen atoms in total. The van der Waals surface area contributed by atoms with Gasteiger partial charge in [0, 0.05) is 12.1 Å². The summed E-state index contributed by atoms with van der Waals surface area (Å²) >= 11 is 0. The van der Waals surface area contributed by atoms with Crippen molar-refractivity contribution >= 4 is 23.7 Å². The zero-order chi connectivity index (χ0) is 15.1. The molecule has 106 valence electrons. The van der Waals surface area contributed by atoms with Gasteiger partial charge in [-0.25, -0.2) is 9.59 Å². The minimum atomic E-state index is -0.672. The van der Waals surface area contributed by atoms with E-state index >= 15 is 0 Å². The SMILES string of the molecule is CCOC(=O)/C=C/c1ccc(C(=O)OC)cc1[N+](=O)[O-]. The molecule has 0 aliphatic carbocycles. The van der Waals surface area contributed by atoms with Crippen molar-refractivity contribution in [2.45, 2.75) is 6.92 Å². The second-order valence-corrected chi connectivity index (χ2v) is 3.61. The van der Waals surface area contributed by atoms with Gasteiger partial charge in [0.1, 0.15) is 0 Å². The Labute approximate surface area is 114 Å². The van der Waals surface area contributed by atoms with E-state index in [1.54, 1.807) is 6.92 Å². The number of nitrogens with zero attached hydrogens (tertiary/aromatic N) is 1. The van der Waals surface area contributed by atoms with Gasteiger partial charge in [0.25, 0.3) is 5.69 Å². The Hall–Kier alpha value is -2.70. The fourth-order valence-corrected chi connectivity index (χ4v) is 1.44. The van der Waals surface area contributed by atoms with E-state index < -0.39 is 16.9 Å². The Morgan fingerprint density at radius 3 is 2.65 bits per heavy atom. The summed E-state index contributed by atoms with van der Waals surface area (Å²) in [5.41, 5.74) is -0.0448. The molecular weight excluding hydrogens is 266 g/mol. The highest BCUT2D eigenvalue weighted by atomic mass is 16.6. The van der Waals surface area contributed by atoms with Crippen LogP contribution in [-0.4, -0.2) is 30.6 Å². The Kier molecular flexibility index (Phi) is 5.40. The molecule has 1 aromatic carbocycles. The van der Waals surface area contributed by atoms with Crippen LogP contribution < -0.4 is 0 Å². The molecule has 0 atom stereocenters. The van der Waals surface area contributed by atoms with Crippen molar-refractivity contribution in [1.29, 1.82) is 0 Å². The smallest absolute Gasteiger partial charge is 0.338 e. The fraction of sp³-hybridized carbons (Fsp3) is 0.231. The number of nitro groups is 1. The maximum absolute atomic E-state index is 11.3. The van der Waals surface area contributed by atoms with Crippen LogP contribution in [0.5, 0.6) is 0 Å². The van der Waals surface area contributed by atoms with E-state index in [-0.39, 0.29) is 23.4 Å². The fourth-order valence-electron chi connectivity index (χ4n) is 1.44. The van der Waals surface area contributed by atoms with Gasteiger partial charge in [-0.15, -0.1) is 0 Å². The van der Waals surface area contributed by atoms with Crippen molar-refractivity contribution in [3.05, 3.63) is 45.5 Å². The van der Waals surface area contributed by atoms with Gasteiger partial charge in [-0.05, 0) is 25.1 Å². The van der Waals surface area contributed by atoms with E-state index in [9.17, 15) is 19.7 Å². The van der Waals surface area contributed by atoms with Crippen LogP contribution in [0.15, 0.2) is 24.3 Å². The van der Waals surface area contributed by atoms with Gasteiger partial charge in [0.15, 0.2) is 0 Å². The molecule has 0 N–H and O–H groups in total. The molecule has 0 heterocycles. The molecule has 0 saturated carbocycles. The van der Waals surface area contributed by atoms with Crippen LogP contribution in [0.3, 0.4) is 0 Å². The van der Waals surface area contributed by atoms with E-state index in [1.807, 2.05) is 0 Å². The minimum Gasteiger partial charge on any atom is -0.465 e. The highest BCUT2D eigenvalue weighted by Gasteiger charge is 2.16. The summed E-state index contributed by atoms with van der Waals surface area (Å²) in [6.07, 6.45) is 2.35. The zero-order valence-corrected chi connectivity index (χ0v) is 11.0. The van der Waals surface area contributed by atoms with Crippen LogP contribution in [0.25, 0.3) is 6.08 Å². The molecule has 0 aliphatic heterocycles. The van der Waals surface area contributed by atoms with Crippen LogP contribution in [0.4, 0.5) is 5.69 Å². The number of carbonyl (C=O) groups is 2. The summed E-state index contributed by atoms with van der Waals surface area (Å²) in [4.78, 5) is 32.8. The Morgan fingerprint density at radius 1 is 1.40 bits per heavy atom. The maximum atomic E-state index is 11.3. The lowest BCUT2D eigenvalue weighted by atomic mass is 10.1. The predicted molar refractivity (Wildman–Crippen MR) is 70.1 cm³/mol. The van der Waals surface area contributed by atoms with Gasteiger partial charge in [-0.1, -0.05) is 0 Å². The molecule has 0 radical (unpaired) electrons. The molecule has 20 heavy (non-hydrogen) atoms. The number of ether oxygens (including phenoxy) is 2. The normalized spacial score (nSPS) is 10.3. The quantitative estimate of drug-likeness (QED) is 0.354. The second-order valence-electron chi connectivity index (χ2n) is 3.61. The first-order valence-corrected chi connectivity index (χ1v) is 5.71. The first-order valence-electron chi connectivity index (χ1n) is 5.71. The molecular formula is C13H13NO6. The molecule has 0 amide bonds. The van der Waals surface area contributed by atoms with Crippen molar-refractivity contribution in [2.24, 2.45) is 0 Å². The third-order valence-electron chi connectivity index (χ3n) is 2.33. The summed E-state index contributed by atoms with van der Waals surface area (Å²) in [6, 6.07) is 3.83. The molecule has 0 bridgehead atoms. The Morgan fingerprint density at radius 2 is 2.10 bits per heavy atom. The number of carbonyl (C=O) groups excluding carboxylic acids is 2. The first-order chi connectivity index (χ1) is 9.49. The summed E-state index contributed by atoms with van der Waals surface area (Å²) in [6.45, 7) is 1.87. The predicted octanol–water partition coefficient (Wildman–Crippen LogP) is 1.96. The van der Waals surface area contributed by atoms with Crippen LogP contribution in [0, 0.1) is 10.1 Å². The van der Waals surface area contributed by atoms with E-state index in [0.29, 0.717) is 0 Å². The summed E-state index contributed by atoms with van der Waals surface area (Å²) in [5.74, 6) is -1.27. The number of benzene rings is 1. The van der Waals surface area contributed by atoms with Crippen molar-refractivity contribution < 1.29 is 24.0 Å². The van der Waals surface area contributed by atoms with E-state index in [4.69, 9.17) is 0 Å². The lowest BCUT2D eigenvalue weighted by Crippen LogP contribution is -2.03. The van der Waals surface area contributed by atoms with Crippen molar-refractivity contribution in [2.75, 3.05) is 13.7 Å². The molecule has 1 aromatic rings.